The Hall–Kier alpha value is -3.02. The van der Waals surface area contributed by atoms with Crippen LogP contribution in [0.2, 0.25) is 5.02 Å². The first-order valence-electron chi connectivity index (χ1n) is 8.84. The number of aliphatic hydroxyl groups is 1. The van der Waals surface area contributed by atoms with E-state index in [1.807, 2.05) is 43.3 Å². The highest BCUT2D eigenvalue weighted by Crippen LogP contribution is 2.28. The van der Waals surface area contributed by atoms with Crippen LogP contribution < -0.4 is 15.4 Å². The summed E-state index contributed by atoms with van der Waals surface area (Å²) in [4.78, 5) is 12.8. The van der Waals surface area contributed by atoms with E-state index in [0.29, 0.717) is 27.7 Å². The quantitative estimate of drug-likeness (QED) is 0.524. The lowest BCUT2D eigenvalue weighted by Crippen LogP contribution is -2.14. The molecular weight excluding hydrogens is 376 g/mol. The first-order chi connectivity index (χ1) is 13.6. The lowest BCUT2D eigenvalue weighted by atomic mass is 10.1. The van der Waals surface area contributed by atoms with Crippen molar-refractivity contribution in [2.24, 2.45) is 0 Å². The molecule has 144 valence electrons. The van der Waals surface area contributed by atoms with Gasteiger partial charge in [0.25, 0.3) is 5.91 Å². The van der Waals surface area contributed by atoms with Crippen LogP contribution >= 0.6 is 11.6 Å². The van der Waals surface area contributed by atoms with E-state index in [2.05, 4.69) is 10.6 Å². The number of halogens is 1. The molecule has 0 saturated carbocycles. The van der Waals surface area contributed by atoms with E-state index in [-0.39, 0.29) is 19.1 Å². The van der Waals surface area contributed by atoms with Gasteiger partial charge in [-0.05, 0) is 61.0 Å². The van der Waals surface area contributed by atoms with Crippen molar-refractivity contribution in [3.8, 4) is 5.75 Å². The van der Waals surface area contributed by atoms with Crippen LogP contribution in [0.25, 0.3) is 0 Å². The summed E-state index contributed by atoms with van der Waals surface area (Å²) in [6.45, 7) is 2.11. The van der Waals surface area contributed by atoms with Gasteiger partial charge in [0.1, 0.15) is 12.4 Å². The number of anilines is 3. The Morgan fingerprint density at radius 2 is 1.71 bits per heavy atom. The first kappa shape index (κ1) is 19.7. The molecule has 28 heavy (non-hydrogen) atoms. The topological polar surface area (TPSA) is 70.6 Å². The van der Waals surface area contributed by atoms with Gasteiger partial charge in [-0.15, -0.1) is 0 Å². The molecular formula is C22H21ClN2O3. The summed E-state index contributed by atoms with van der Waals surface area (Å²) in [5.41, 5.74) is 3.61. The van der Waals surface area contributed by atoms with E-state index in [4.69, 9.17) is 21.4 Å². The van der Waals surface area contributed by atoms with Gasteiger partial charge in [-0.2, -0.15) is 0 Å². The van der Waals surface area contributed by atoms with Crippen molar-refractivity contribution in [1.82, 2.24) is 0 Å². The zero-order valence-corrected chi connectivity index (χ0v) is 16.2. The van der Waals surface area contributed by atoms with E-state index < -0.39 is 0 Å². The third-order valence-corrected chi connectivity index (χ3v) is 4.59. The van der Waals surface area contributed by atoms with Crippen molar-refractivity contribution in [3.63, 3.8) is 0 Å². The molecule has 6 heteroatoms. The molecule has 3 aromatic rings. The number of aliphatic hydroxyl groups excluding tert-OH is 1. The molecule has 0 aliphatic heterocycles. The van der Waals surface area contributed by atoms with Gasteiger partial charge in [0, 0.05) is 16.4 Å². The molecule has 0 radical (unpaired) electrons. The Morgan fingerprint density at radius 1 is 1.00 bits per heavy atom. The van der Waals surface area contributed by atoms with E-state index in [1.54, 1.807) is 30.3 Å². The van der Waals surface area contributed by atoms with Crippen LogP contribution in [0.1, 0.15) is 15.9 Å². The summed E-state index contributed by atoms with van der Waals surface area (Å²) in [7, 11) is 0. The Labute approximate surface area is 168 Å². The van der Waals surface area contributed by atoms with Gasteiger partial charge < -0.3 is 20.5 Å². The number of rotatable bonds is 7. The van der Waals surface area contributed by atoms with Gasteiger partial charge in [0.2, 0.25) is 0 Å². The fourth-order valence-electron chi connectivity index (χ4n) is 2.67. The van der Waals surface area contributed by atoms with Crippen molar-refractivity contribution < 1.29 is 14.6 Å². The molecule has 0 saturated heterocycles. The van der Waals surface area contributed by atoms with E-state index >= 15 is 0 Å². The number of carbonyl (C=O) groups excluding carboxylic acids is 1. The largest absolute Gasteiger partial charge is 0.491 e. The van der Waals surface area contributed by atoms with Gasteiger partial charge in [-0.25, -0.2) is 0 Å². The summed E-state index contributed by atoms with van der Waals surface area (Å²) >= 11 is 6.19. The fraction of sp³-hybridized carbons (Fsp3) is 0.136. The lowest BCUT2D eigenvalue weighted by molar-refractivity contribution is 0.102. The molecule has 0 heterocycles. The molecule has 0 aliphatic rings. The summed E-state index contributed by atoms with van der Waals surface area (Å²) in [6, 6.07) is 19.9. The second kappa shape index (κ2) is 9.26. The normalized spacial score (nSPS) is 10.4. The Morgan fingerprint density at radius 3 is 2.46 bits per heavy atom. The molecule has 3 N–H and O–H groups in total. The minimum Gasteiger partial charge on any atom is -0.491 e. The molecule has 0 atom stereocenters. The van der Waals surface area contributed by atoms with Crippen LogP contribution in [-0.2, 0) is 0 Å². The predicted molar refractivity (Wildman–Crippen MR) is 113 cm³/mol. The monoisotopic (exact) mass is 396 g/mol. The van der Waals surface area contributed by atoms with Crippen LogP contribution in [0.3, 0.4) is 0 Å². The third-order valence-electron chi connectivity index (χ3n) is 4.18. The van der Waals surface area contributed by atoms with Crippen LogP contribution in [0.5, 0.6) is 5.75 Å². The molecule has 1 amide bonds. The molecule has 0 bridgehead atoms. The van der Waals surface area contributed by atoms with Gasteiger partial charge in [-0.1, -0.05) is 29.8 Å². The molecule has 0 aliphatic carbocycles. The van der Waals surface area contributed by atoms with E-state index in [0.717, 1.165) is 11.3 Å². The second-order valence-electron chi connectivity index (χ2n) is 6.13. The van der Waals surface area contributed by atoms with Crippen LogP contribution in [0.15, 0.2) is 66.7 Å². The highest BCUT2D eigenvalue weighted by molar-refractivity contribution is 6.31. The highest BCUT2D eigenvalue weighted by Gasteiger charge is 2.13. The summed E-state index contributed by atoms with van der Waals surface area (Å²) in [6.07, 6.45) is 0. The average Bonchev–Trinajstić information content (AvgIpc) is 2.71. The number of hydrogen-bond acceptors (Lipinski definition) is 4. The van der Waals surface area contributed by atoms with Gasteiger partial charge in [-0.3, -0.25) is 4.79 Å². The Kier molecular flexibility index (Phi) is 6.53. The number of hydrogen-bond donors (Lipinski definition) is 3. The van der Waals surface area contributed by atoms with Crippen molar-refractivity contribution in [1.29, 1.82) is 0 Å². The van der Waals surface area contributed by atoms with E-state index in [9.17, 15) is 4.79 Å². The number of benzene rings is 3. The molecule has 0 aromatic heterocycles. The zero-order chi connectivity index (χ0) is 19.9. The molecule has 0 fully saturated rings. The second-order valence-corrected chi connectivity index (χ2v) is 6.54. The maximum Gasteiger partial charge on any atom is 0.257 e. The van der Waals surface area contributed by atoms with Crippen LogP contribution in [-0.4, -0.2) is 24.2 Å². The lowest BCUT2D eigenvalue weighted by Gasteiger charge is -2.14. The van der Waals surface area contributed by atoms with Crippen LogP contribution in [0.4, 0.5) is 17.1 Å². The first-order valence-corrected chi connectivity index (χ1v) is 9.22. The highest BCUT2D eigenvalue weighted by atomic mass is 35.5. The van der Waals surface area contributed by atoms with Gasteiger partial charge in [0.05, 0.1) is 17.9 Å². The number of carbonyl (C=O) groups is 1. The van der Waals surface area contributed by atoms with Crippen molar-refractivity contribution in [2.75, 3.05) is 23.8 Å². The Bertz CT molecular complexity index is 958. The summed E-state index contributed by atoms with van der Waals surface area (Å²) in [5, 5.41) is 15.6. The maximum atomic E-state index is 12.8. The zero-order valence-electron chi connectivity index (χ0n) is 15.4. The standard InChI is InChI=1S/C22H21ClN2O3/c1-15-19(23)6-4-8-20(15)25-21-7-3-2-5-18(21)22(27)24-16-9-11-17(12-10-16)28-14-13-26/h2-12,25-26H,13-14H2,1H3,(H,24,27). The molecule has 0 spiro atoms. The maximum absolute atomic E-state index is 12.8. The number of para-hydroxylation sites is 1. The number of amides is 1. The van der Waals surface area contributed by atoms with Crippen LogP contribution in [0, 0.1) is 6.92 Å². The smallest absolute Gasteiger partial charge is 0.257 e. The summed E-state index contributed by atoms with van der Waals surface area (Å²) in [5.74, 6) is 0.400. The number of ether oxygens (including phenoxy) is 1. The molecule has 3 rings (SSSR count). The van der Waals surface area contributed by atoms with Crippen molar-refractivity contribution in [3.05, 3.63) is 82.9 Å². The summed E-state index contributed by atoms with van der Waals surface area (Å²) < 4.78 is 5.32. The van der Waals surface area contributed by atoms with E-state index in [1.165, 1.54) is 0 Å². The van der Waals surface area contributed by atoms with Gasteiger partial charge in [0.15, 0.2) is 0 Å². The van der Waals surface area contributed by atoms with Gasteiger partial charge >= 0.3 is 0 Å². The number of nitrogens with one attached hydrogen (secondary N) is 2. The fourth-order valence-corrected chi connectivity index (χ4v) is 2.85. The molecule has 5 nitrogen and oxygen atoms in total. The third kappa shape index (κ3) is 4.82. The van der Waals surface area contributed by atoms with Crippen molar-refractivity contribution in [2.45, 2.75) is 6.92 Å². The predicted octanol–water partition coefficient (Wildman–Crippen LogP) is 5.02. The van der Waals surface area contributed by atoms with Crippen molar-refractivity contribution >= 4 is 34.6 Å². The SMILES string of the molecule is Cc1c(Cl)cccc1Nc1ccccc1C(=O)Nc1ccc(OCCO)cc1. The minimum atomic E-state index is -0.230. The molecule has 0 unspecified atom stereocenters. The Balaban J connectivity index is 1.76. The molecule has 3 aromatic carbocycles. The average molecular weight is 397 g/mol. The minimum absolute atomic E-state index is 0.0472.